The van der Waals surface area contributed by atoms with Gasteiger partial charge in [0.1, 0.15) is 11.4 Å². The number of halogens is 2. The van der Waals surface area contributed by atoms with Crippen LogP contribution < -0.4 is 21.5 Å². The first-order valence-electron chi connectivity index (χ1n) is 12.6. The third-order valence-corrected chi connectivity index (χ3v) is 6.82. The maximum absolute atomic E-state index is 14.3. The number of hydrogen-bond donors (Lipinski definition) is 2. The summed E-state index contributed by atoms with van der Waals surface area (Å²) in [5, 5.41) is 12.5. The third kappa shape index (κ3) is 4.65. The number of hydrogen-bond acceptors (Lipinski definition) is 6. The van der Waals surface area contributed by atoms with E-state index in [1.807, 2.05) is 23.0 Å². The first kappa shape index (κ1) is 25.5. The van der Waals surface area contributed by atoms with Gasteiger partial charge in [0.25, 0.3) is 11.5 Å². The summed E-state index contributed by atoms with van der Waals surface area (Å²) in [5.74, 6) is -1.98. The second-order valence-corrected chi connectivity index (χ2v) is 9.55. The summed E-state index contributed by atoms with van der Waals surface area (Å²) in [6, 6.07) is 9.77. The van der Waals surface area contributed by atoms with Crippen LogP contribution in [0.1, 0.15) is 42.7 Å². The van der Waals surface area contributed by atoms with Crippen molar-refractivity contribution in [2.24, 2.45) is 11.7 Å². The number of benzene rings is 2. The van der Waals surface area contributed by atoms with Crippen LogP contribution in [-0.2, 0) is 0 Å². The highest BCUT2D eigenvalue weighted by atomic mass is 19.1. The van der Waals surface area contributed by atoms with Gasteiger partial charge in [0.2, 0.25) is 0 Å². The van der Waals surface area contributed by atoms with Crippen molar-refractivity contribution in [1.29, 1.82) is 0 Å². The smallest absolute Gasteiger partial charge is 0.276 e. The van der Waals surface area contributed by atoms with Crippen molar-refractivity contribution in [3.05, 3.63) is 76.3 Å². The van der Waals surface area contributed by atoms with Crippen molar-refractivity contribution in [3.8, 4) is 5.69 Å². The van der Waals surface area contributed by atoms with Crippen LogP contribution in [0.5, 0.6) is 0 Å². The standard InChI is InChI=1S/C26H24F2N6O2.CH5N/c1-15-11-12-32(14-15)24-17-13-29-33(16-5-6-16)22(17)9-7-20(24)30-26(36)21-8-10-23(35)34(31-21)25-18(27)3-2-4-19(25)28;1-2/h2-4,7-10,13,15-16H,5-6,11-12,14H2,1H3,(H,30,36);2H2,1H3. The van der Waals surface area contributed by atoms with Crippen LogP contribution in [0.4, 0.5) is 20.2 Å². The molecule has 0 radical (unpaired) electrons. The second kappa shape index (κ2) is 10.3. The van der Waals surface area contributed by atoms with E-state index in [4.69, 9.17) is 0 Å². The highest BCUT2D eigenvalue weighted by Gasteiger charge is 2.29. The maximum atomic E-state index is 14.3. The Bertz CT molecular complexity index is 1540. The lowest BCUT2D eigenvalue weighted by Crippen LogP contribution is -2.27. The fraction of sp³-hybridized carbons (Fsp3) is 0.333. The van der Waals surface area contributed by atoms with Gasteiger partial charge in [0.15, 0.2) is 11.6 Å². The van der Waals surface area contributed by atoms with Crippen LogP contribution in [-0.4, -0.2) is 45.6 Å². The fourth-order valence-electron chi connectivity index (χ4n) is 4.87. The zero-order valence-electron chi connectivity index (χ0n) is 21.2. The normalized spacial score (nSPS) is 16.9. The summed E-state index contributed by atoms with van der Waals surface area (Å²) in [5.41, 5.74) is 5.48. The highest BCUT2D eigenvalue weighted by molar-refractivity contribution is 6.08. The molecule has 1 amide bonds. The number of carbonyl (C=O) groups is 1. The number of fused-ring (bicyclic) bond motifs is 1. The Labute approximate surface area is 217 Å². The molecule has 11 heteroatoms. The summed E-state index contributed by atoms with van der Waals surface area (Å²) in [4.78, 5) is 27.9. The van der Waals surface area contributed by atoms with Gasteiger partial charge in [0, 0.05) is 24.5 Å². The van der Waals surface area contributed by atoms with Crippen molar-refractivity contribution in [1.82, 2.24) is 19.6 Å². The molecule has 198 valence electrons. The molecule has 9 nitrogen and oxygen atoms in total. The van der Waals surface area contributed by atoms with E-state index in [1.54, 1.807) is 0 Å². The molecular weight excluding hydrogens is 492 g/mol. The lowest BCUT2D eigenvalue weighted by atomic mass is 10.1. The quantitative estimate of drug-likeness (QED) is 0.413. The predicted octanol–water partition coefficient (Wildman–Crippen LogP) is 3.87. The molecule has 6 rings (SSSR count). The Balaban J connectivity index is 0.00000144. The van der Waals surface area contributed by atoms with Gasteiger partial charge in [-0.2, -0.15) is 14.9 Å². The minimum atomic E-state index is -0.953. The van der Waals surface area contributed by atoms with Crippen LogP contribution in [0.25, 0.3) is 16.6 Å². The molecule has 1 saturated heterocycles. The van der Waals surface area contributed by atoms with Crippen LogP contribution in [0.2, 0.25) is 0 Å². The van der Waals surface area contributed by atoms with Crippen molar-refractivity contribution in [2.45, 2.75) is 32.2 Å². The molecule has 1 unspecified atom stereocenters. The lowest BCUT2D eigenvalue weighted by Gasteiger charge is -2.23. The number of nitrogens with zero attached hydrogens (tertiary/aromatic N) is 5. The topological polar surface area (TPSA) is 111 Å². The van der Waals surface area contributed by atoms with Gasteiger partial charge in [-0.25, -0.2) is 8.78 Å². The van der Waals surface area contributed by atoms with Gasteiger partial charge in [0.05, 0.1) is 29.1 Å². The summed E-state index contributed by atoms with van der Waals surface area (Å²) < 4.78 is 31.2. The van der Waals surface area contributed by atoms with E-state index >= 15 is 0 Å². The zero-order chi connectivity index (χ0) is 27.0. The Morgan fingerprint density at radius 3 is 2.42 bits per heavy atom. The average molecular weight is 522 g/mol. The number of anilines is 2. The number of nitrogens with one attached hydrogen (secondary N) is 1. The molecule has 4 aromatic rings. The Hall–Kier alpha value is -4.12. The van der Waals surface area contributed by atoms with Crippen molar-refractivity contribution < 1.29 is 13.6 Å². The third-order valence-electron chi connectivity index (χ3n) is 6.82. The molecule has 3 N–H and O–H groups in total. The summed E-state index contributed by atoms with van der Waals surface area (Å²) in [6.07, 6.45) is 5.10. The Morgan fingerprint density at radius 1 is 1.03 bits per heavy atom. The molecule has 0 spiro atoms. The van der Waals surface area contributed by atoms with Crippen molar-refractivity contribution in [2.75, 3.05) is 30.4 Å². The van der Waals surface area contributed by atoms with Crippen LogP contribution >= 0.6 is 0 Å². The van der Waals surface area contributed by atoms with Gasteiger partial charge in [-0.3, -0.25) is 14.3 Å². The van der Waals surface area contributed by atoms with E-state index < -0.39 is 28.8 Å². The lowest BCUT2D eigenvalue weighted by molar-refractivity contribution is 0.102. The molecule has 1 saturated carbocycles. The number of nitrogens with two attached hydrogens (primary N) is 1. The second-order valence-electron chi connectivity index (χ2n) is 9.55. The van der Waals surface area contributed by atoms with E-state index in [9.17, 15) is 18.4 Å². The van der Waals surface area contributed by atoms with Crippen LogP contribution in [0.15, 0.2) is 53.5 Å². The number of rotatable bonds is 5. The van der Waals surface area contributed by atoms with E-state index in [-0.39, 0.29) is 5.69 Å². The molecule has 38 heavy (non-hydrogen) atoms. The minimum absolute atomic E-state index is 0.147. The minimum Gasteiger partial charge on any atom is -0.369 e. The molecular formula is C27H29F2N7O2. The first-order chi connectivity index (χ1) is 18.4. The number of para-hydroxylation sites is 1. The van der Waals surface area contributed by atoms with Crippen LogP contribution in [0, 0.1) is 17.6 Å². The monoisotopic (exact) mass is 521 g/mol. The molecule has 2 aromatic heterocycles. The van der Waals surface area contributed by atoms with Gasteiger partial charge < -0.3 is 16.0 Å². The molecule has 1 aliphatic heterocycles. The highest BCUT2D eigenvalue weighted by Crippen LogP contribution is 2.42. The fourth-order valence-corrected chi connectivity index (χ4v) is 4.87. The molecule has 2 fully saturated rings. The van der Waals surface area contributed by atoms with E-state index in [1.165, 1.54) is 19.2 Å². The van der Waals surface area contributed by atoms with E-state index in [0.717, 1.165) is 67.1 Å². The zero-order valence-corrected chi connectivity index (χ0v) is 21.2. The Morgan fingerprint density at radius 2 is 1.76 bits per heavy atom. The number of amides is 1. The Kier molecular flexibility index (Phi) is 6.94. The summed E-state index contributed by atoms with van der Waals surface area (Å²) in [7, 11) is 1.50. The van der Waals surface area contributed by atoms with Gasteiger partial charge in [-0.15, -0.1) is 0 Å². The van der Waals surface area contributed by atoms with E-state index in [2.05, 4.69) is 33.1 Å². The summed E-state index contributed by atoms with van der Waals surface area (Å²) >= 11 is 0. The first-order valence-corrected chi connectivity index (χ1v) is 12.6. The van der Waals surface area contributed by atoms with E-state index in [0.29, 0.717) is 22.3 Å². The largest absolute Gasteiger partial charge is 0.369 e. The molecule has 2 aromatic carbocycles. The molecule has 2 aliphatic rings. The maximum Gasteiger partial charge on any atom is 0.276 e. The molecule has 3 heterocycles. The SMILES string of the molecule is CC1CCN(c2c(NC(=O)c3ccc(=O)n(-c4c(F)cccc4F)n3)ccc3c2cnn3C2CC2)C1.CN. The molecule has 0 bridgehead atoms. The average Bonchev–Trinajstić information content (AvgIpc) is 3.52. The van der Waals surface area contributed by atoms with Gasteiger partial charge in [-0.05, 0) is 62.6 Å². The van der Waals surface area contributed by atoms with Crippen LogP contribution in [0.3, 0.4) is 0 Å². The molecule has 1 atom stereocenters. The number of aromatic nitrogens is 4. The number of carbonyl (C=O) groups excluding carboxylic acids is 1. The summed E-state index contributed by atoms with van der Waals surface area (Å²) in [6.45, 7) is 3.90. The predicted molar refractivity (Wildman–Crippen MR) is 142 cm³/mol. The van der Waals surface area contributed by atoms with Gasteiger partial charge >= 0.3 is 0 Å². The van der Waals surface area contributed by atoms with Gasteiger partial charge in [-0.1, -0.05) is 13.0 Å². The van der Waals surface area contributed by atoms with Crippen molar-refractivity contribution in [3.63, 3.8) is 0 Å². The van der Waals surface area contributed by atoms with Crippen molar-refractivity contribution >= 4 is 28.2 Å². The molecule has 1 aliphatic carbocycles.